The molecule has 0 atom stereocenters. The standard InChI is InChI=1S/C8H16N6S2/c1-9-7(15)13-11-5-3-4-6-12-14-8(16)10-2/h5-6H,3-4H2,1-2H3,(H2,9,13,15)(H2,10,14,16). The number of hydrogen-bond donors (Lipinski definition) is 4. The zero-order valence-corrected chi connectivity index (χ0v) is 10.9. The molecule has 0 saturated heterocycles. The Balaban J connectivity index is 3.45. The van der Waals surface area contributed by atoms with E-state index in [9.17, 15) is 0 Å². The van der Waals surface area contributed by atoms with Crippen LogP contribution < -0.4 is 21.5 Å². The summed E-state index contributed by atoms with van der Waals surface area (Å²) in [4.78, 5) is 0. The van der Waals surface area contributed by atoms with Crippen LogP contribution in [0.5, 0.6) is 0 Å². The first kappa shape index (κ1) is 14.7. The van der Waals surface area contributed by atoms with Gasteiger partial charge in [-0.25, -0.2) is 0 Å². The first-order chi connectivity index (χ1) is 7.70. The van der Waals surface area contributed by atoms with Gasteiger partial charge in [-0.2, -0.15) is 10.2 Å². The minimum atomic E-state index is 0.492. The third-order valence-corrected chi connectivity index (χ3v) is 1.98. The molecule has 0 aromatic heterocycles. The van der Waals surface area contributed by atoms with Crippen molar-refractivity contribution in [1.82, 2.24) is 21.5 Å². The summed E-state index contributed by atoms with van der Waals surface area (Å²) >= 11 is 9.65. The fourth-order valence-electron chi connectivity index (χ4n) is 0.599. The van der Waals surface area contributed by atoms with Gasteiger partial charge in [0.2, 0.25) is 0 Å². The molecule has 0 fully saturated rings. The largest absolute Gasteiger partial charge is 0.364 e. The third kappa shape index (κ3) is 9.28. The molecule has 0 unspecified atom stereocenters. The fourth-order valence-corrected chi connectivity index (χ4v) is 0.704. The average Bonchev–Trinajstić information content (AvgIpc) is 2.31. The van der Waals surface area contributed by atoms with E-state index < -0.39 is 0 Å². The number of thiocarbonyl (C=S) groups is 2. The number of rotatable bonds is 5. The number of unbranched alkanes of at least 4 members (excludes halogenated alkanes) is 1. The van der Waals surface area contributed by atoms with Crippen LogP contribution in [0.15, 0.2) is 10.2 Å². The van der Waals surface area contributed by atoms with E-state index in [2.05, 4.69) is 31.7 Å². The van der Waals surface area contributed by atoms with Crippen LogP contribution in [0.1, 0.15) is 12.8 Å². The van der Waals surface area contributed by atoms with E-state index >= 15 is 0 Å². The summed E-state index contributed by atoms with van der Waals surface area (Å²) in [6.07, 6.45) is 5.01. The average molecular weight is 260 g/mol. The Bertz CT molecular complexity index is 248. The van der Waals surface area contributed by atoms with Crippen molar-refractivity contribution in [3.05, 3.63) is 0 Å². The molecule has 6 nitrogen and oxygen atoms in total. The smallest absolute Gasteiger partial charge is 0.186 e. The van der Waals surface area contributed by atoms with Crippen molar-refractivity contribution in [2.24, 2.45) is 10.2 Å². The molecule has 0 aliphatic rings. The molecule has 0 rings (SSSR count). The van der Waals surface area contributed by atoms with E-state index in [1.807, 2.05) is 0 Å². The van der Waals surface area contributed by atoms with Gasteiger partial charge in [0.05, 0.1) is 0 Å². The minimum absolute atomic E-state index is 0.492. The molecule has 8 heteroatoms. The summed E-state index contributed by atoms with van der Waals surface area (Å²) in [7, 11) is 3.46. The van der Waals surface area contributed by atoms with Crippen LogP contribution >= 0.6 is 24.4 Å². The molecule has 16 heavy (non-hydrogen) atoms. The van der Waals surface area contributed by atoms with Crippen LogP contribution in [0.4, 0.5) is 0 Å². The first-order valence-corrected chi connectivity index (χ1v) is 5.50. The van der Waals surface area contributed by atoms with Crippen LogP contribution in [0.25, 0.3) is 0 Å². The van der Waals surface area contributed by atoms with Gasteiger partial charge in [0, 0.05) is 26.5 Å². The number of hydrogen-bond acceptors (Lipinski definition) is 4. The highest BCUT2D eigenvalue weighted by Gasteiger charge is 1.85. The van der Waals surface area contributed by atoms with Crippen LogP contribution in [0, 0.1) is 0 Å². The second-order valence-corrected chi connectivity index (χ2v) is 3.40. The van der Waals surface area contributed by atoms with Crippen LogP contribution in [-0.2, 0) is 0 Å². The molecule has 0 spiro atoms. The Morgan fingerprint density at radius 1 is 0.938 bits per heavy atom. The lowest BCUT2D eigenvalue weighted by molar-refractivity contribution is 0.960. The molecule has 0 amide bonds. The summed E-state index contributed by atoms with van der Waals surface area (Å²) in [6, 6.07) is 0. The highest BCUT2D eigenvalue weighted by Crippen LogP contribution is 1.79. The van der Waals surface area contributed by atoms with Crippen molar-refractivity contribution < 1.29 is 0 Å². The lowest BCUT2D eigenvalue weighted by Crippen LogP contribution is -2.28. The second kappa shape index (κ2) is 10.2. The van der Waals surface area contributed by atoms with Crippen LogP contribution in [0.2, 0.25) is 0 Å². The fraction of sp³-hybridized carbons (Fsp3) is 0.500. The molecule has 4 N–H and O–H groups in total. The summed E-state index contributed by atoms with van der Waals surface area (Å²) in [6.45, 7) is 0. The van der Waals surface area contributed by atoms with Gasteiger partial charge in [-0.1, -0.05) is 0 Å². The Hall–Kier alpha value is -1.28. The summed E-state index contributed by atoms with van der Waals surface area (Å²) < 4.78 is 0. The molecule has 0 bridgehead atoms. The topological polar surface area (TPSA) is 72.8 Å². The maximum atomic E-state index is 4.82. The maximum Gasteiger partial charge on any atom is 0.186 e. The lowest BCUT2D eigenvalue weighted by Gasteiger charge is -1.99. The van der Waals surface area contributed by atoms with Gasteiger partial charge >= 0.3 is 0 Å². The molecule has 0 heterocycles. The van der Waals surface area contributed by atoms with E-state index in [0.717, 1.165) is 12.8 Å². The summed E-state index contributed by atoms with van der Waals surface area (Å²) in [5, 5.41) is 14.3. The summed E-state index contributed by atoms with van der Waals surface area (Å²) in [5.74, 6) is 0. The van der Waals surface area contributed by atoms with Crippen molar-refractivity contribution in [3.63, 3.8) is 0 Å². The van der Waals surface area contributed by atoms with E-state index in [1.54, 1.807) is 26.5 Å². The van der Waals surface area contributed by atoms with Crippen LogP contribution in [0.3, 0.4) is 0 Å². The van der Waals surface area contributed by atoms with E-state index in [-0.39, 0.29) is 0 Å². The van der Waals surface area contributed by atoms with Gasteiger partial charge in [0.25, 0.3) is 0 Å². The monoisotopic (exact) mass is 260 g/mol. The van der Waals surface area contributed by atoms with Crippen molar-refractivity contribution in [3.8, 4) is 0 Å². The predicted molar refractivity (Wildman–Crippen MR) is 75.8 cm³/mol. The Morgan fingerprint density at radius 3 is 1.62 bits per heavy atom. The van der Waals surface area contributed by atoms with Crippen molar-refractivity contribution in [1.29, 1.82) is 0 Å². The Kier molecular flexibility index (Phi) is 9.43. The molecule has 0 aromatic rings. The molecular weight excluding hydrogens is 244 g/mol. The number of hydrazone groups is 2. The van der Waals surface area contributed by atoms with Crippen molar-refractivity contribution >= 4 is 47.1 Å². The van der Waals surface area contributed by atoms with Crippen LogP contribution in [-0.4, -0.2) is 36.7 Å². The Labute approximate surface area is 106 Å². The van der Waals surface area contributed by atoms with Gasteiger partial charge in [-0.05, 0) is 37.3 Å². The van der Waals surface area contributed by atoms with Gasteiger partial charge in [0.15, 0.2) is 10.2 Å². The van der Waals surface area contributed by atoms with Gasteiger partial charge < -0.3 is 10.6 Å². The zero-order chi connectivity index (χ0) is 12.2. The molecule has 0 saturated carbocycles. The first-order valence-electron chi connectivity index (χ1n) is 4.69. The van der Waals surface area contributed by atoms with E-state index in [4.69, 9.17) is 24.4 Å². The zero-order valence-electron chi connectivity index (χ0n) is 9.28. The summed E-state index contributed by atoms with van der Waals surface area (Å²) in [5.41, 5.74) is 5.30. The lowest BCUT2D eigenvalue weighted by atomic mass is 10.3. The number of nitrogens with one attached hydrogen (secondary N) is 4. The van der Waals surface area contributed by atoms with Crippen molar-refractivity contribution in [2.75, 3.05) is 14.1 Å². The highest BCUT2D eigenvalue weighted by atomic mass is 32.1. The maximum absolute atomic E-state index is 4.82. The molecule has 90 valence electrons. The molecular formula is C8H16N6S2. The molecule has 0 aliphatic heterocycles. The number of nitrogens with zero attached hydrogens (tertiary/aromatic N) is 2. The third-order valence-electron chi connectivity index (χ3n) is 1.39. The minimum Gasteiger partial charge on any atom is -0.364 e. The van der Waals surface area contributed by atoms with Gasteiger partial charge in [-0.15, -0.1) is 0 Å². The molecule has 0 aliphatic carbocycles. The molecule has 0 radical (unpaired) electrons. The SMILES string of the molecule is CNC(=S)NN=CCCC=NNC(=S)NC. The highest BCUT2D eigenvalue weighted by molar-refractivity contribution is 7.80. The predicted octanol–water partition coefficient (Wildman–Crippen LogP) is -0.0740. The van der Waals surface area contributed by atoms with Gasteiger partial charge in [0.1, 0.15) is 0 Å². The quantitative estimate of drug-likeness (QED) is 0.240. The second-order valence-electron chi connectivity index (χ2n) is 2.58. The normalized spacial score (nSPS) is 10.4. The van der Waals surface area contributed by atoms with Gasteiger partial charge in [-0.3, -0.25) is 10.9 Å². The van der Waals surface area contributed by atoms with Crippen molar-refractivity contribution in [2.45, 2.75) is 12.8 Å². The van der Waals surface area contributed by atoms with E-state index in [1.165, 1.54) is 0 Å². The van der Waals surface area contributed by atoms with E-state index in [0.29, 0.717) is 10.2 Å². The molecule has 0 aromatic carbocycles. The Morgan fingerprint density at radius 2 is 1.31 bits per heavy atom.